The molecule has 0 aliphatic rings. The van der Waals surface area contributed by atoms with Crippen LogP contribution in [0.2, 0.25) is 0 Å². The molecule has 2 aromatic heterocycles. The van der Waals surface area contributed by atoms with E-state index < -0.39 is 11.5 Å². The lowest BCUT2D eigenvalue weighted by Crippen LogP contribution is -2.27. The number of ether oxygens (including phenoxy) is 1. The summed E-state index contributed by atoms with van der Waals surface area (Å²) < 4.78 is 6.24. The molecule has 2 N–H and O–H groups in total. The standard InChI is InChI=1S/C12H13N3O3S/c1-2-15-11(16)9(13)5-10(14-15)12(17)18-6-8-3-4-19-7-8/h3-5,7H,2,6,13H2,1H3. The van der Waals surface area contributed by atoms with Crippen LogP contribution >= 0.6 is 11.3 Å². The van der Waals surface area contributed by atoms with Gasteiger partial charge in [-0.3, -0.25) is 4.79 Å². The van der Waals surface area contributed by atoms with E-state index in [4.69, 9.17) is 10.5 Å². The Labute approximate surface area is 113 Å². The van der Waals surface area contributed by atoms with E-state index in [1.807, 2.05) is 16.8 Å². The van der Waals surface area contributed by atoms with Crippen molar-refractivity contribution in [1.82, 2.24) is 9.78 Å². The third-order valence-corrected chi connectivity index (χ3v) is 3.19. The van der Waals surface area contributed by atoms with Gasteiger partial charge in [0.25, 0.3) is 5.56 Å². The van der Waals surface area contributed by atoms with E-state index in [0.29, 0.717) is 6.54 Å². The van der Waals surface area contributed by atoms with E-state index in [1.165, 1.54) is 17.4 Å². The summed E-state index contributed by atoms with van der Waals surface area (Å²) in [5.74, 6) is -0.597. The summed E-state index contributed by atoms with van der Waals surface area (Å²) in [4.78, 5) is 23.4. The maximum atomic E-state index is 11.8. The van der Waals surface area contributed by atoms with E-state index in [2.05, 4.69) is 5.10 Å². The second-order valence-electron chi connectivity index (χ2n) is 3.81. The number of aromatic nitrogens is 2. The largest absolute Gasteiger partial charge is 0.456 e. The molecule has 19 heavy (non-hydrogen) atoms. The molecule has 0 saturated carbocycles. The maximum Gasteiger partial charge on any atom is 0.359 e. The Morgan fingerprint density at radius 1 is 1.58 bits per heavy atom. The Kier molecular flexibility index (Phi) is 3.96. The molecule has 2 aromatic rings. The lowest BCUT2D eigenvalue weighted by atomic mass is 10.3. The van der Waals surface area contributed by atoms with Gasteiger partial charge in [-0.2, -0.15) is 16.4 Å². The molecule has 0 amide bonds. The number of rotatable bonds is 4. The zero-order valence-electron chi connectivity index (χ0n) is 10.3. The summed E-state index contributed by atoms with van der Waals surface area (Å²) in [7, 11) is 0. The number of nitrogens with zero attached hydrogens (tertiary/aromatic N) is 2. The highest BCUT2D eigenvalue weighted by atomic mass is 32.1. The monoisotopic (exact) mass is 279 g/mol. The molecule has 0 aliphatic carbocycles. The van der Waals surface area contributed by atoms with Crippen LogP contribution in [0.1, 0.15) is 23.0 Å². The summed E-state index contributed by atoms with van der Waals surface area (Å²) >= 11 is 1.53. The van der Waals surface area contributed by atoms with Crippen LogP contribution < -0.4 is 11.3 Å². The summed E-state index contributed by atoms with van der Waals surface area (Å²) in [6.45, 7) is 2.26. The SMILES string of the molecule is CCn1nc(C(=O)OCc2ccsc2)cc(N)c1=O. The molecule has 100 valence electrons. The molecule has 0 bridgehead atoms. The average molecular weight is 279 g/mol. The number of carbonyl (C=O) groups is 1. The van der Waals surface area contributed by atoms with Crippen molar-refractivity contribution in [3.05, 3.63) is 44.5 Å². The minimum atomic E-state index is -0.597. The van der Waals surface area contributed by atoms with E-state index >= 15 is 0 Å². The first-order chi connectivity index (χ1) is 9.11. The van der Waals surface area contributed by atoms with Gasteiger partial charge in [0.1, 0.15) is 12.3 Å². The number of hydrogen-bond donors (Lipinski definition) is 1. The Morgan fingerprint density at radius 3 is 3.00 bits per heavy atom. The zero-order chi connectivity index (χ0) is 13.8. The van der Waals surface area contributed by atoms with E-state index in [-0.39, 0.29) is 18.0 Å². The molecule has 0 atom stereocenters. The Morgan fingerprint density at radius 2 is 2.37 bits per heavy atom. The second kappa shape index (κ2) is 5.66. The number of anilines is 1. The molecule has 0 radical (unpaired) electrons. The van der Waals surface area contributed by atoms with E-state index in [1.54, 1.807) is 6.92 Å². The van der Waals surface area contributed by atoms with Crippen LogP contribution in [0.5, 0.6) is 0 Å². The number of nitrogens with two attached hydrogens (primary N) is 1. The van der Waals surface area contributed by atoms with Gasteiger partial charge in [-0.1, -0.05) is 0 Å². The second-order valence-corrected chi connectivity index (χ2v) is 4.59. The maximum absolute atomic E-state index is 11.8. The van der Waals surface area contributed by atoms with Gasteiger partial charge in [-0.05, 0) is 23.8 Å². The first kappa shape index (κ1) is 13.3. The van der Waals surface area contributed by atoms with Gasteiger partial charge >= 0.3 is 5.97 Å². The van der Waals surface area contributed by atoms with Crippen molar-refractivity contribution in [2.45, 2.75) is 20.1 Å². The van der Waals surface area contributed by atoms with Gasteiger partial charge in [0, 0.05) is 18.2 Å². The Bertz CT molecular complexity index is 634. The Balaban J connectivity index is 2.15. The van der Waals surface area contributed by atoms with Crippen molar-refractivity contribution in [3.63, 3.8) is 0 Å². The highest BCUT2D eigenvalue weighted by Gasteiger charge is 2.13. The highest BCUT2D eigenvalue weighted by Crippen LogP contribution is 2.09. The van der Waals surface area contributed by atoms with Crippen molar-refractivity contribution in [1.29, 1.82) is 0 Å². The molecule has 0 unspecified atom stereocenters. The molecule has 2 heterocycles. The Hall–Kier alpha value is -2.15. The normalized spacial score (nSPS) is 10.4. The minimum absolute atomic E-state index is 0.0145. The number of aryl methyl sites for hydroxylation is 1. The quantitative estimate of drug-likeness (QED) is 0.851. The molecule has 6 nitrogen and oxygen atoms in total. The summed E-state index contributed by atoms with van der Waals surface area (Å²) in [5, 5.41) is 7.69. The van der Waals surface area contributed by atoms with Crippen molar-refractivity contribution < 1.29 is 9.53 Å². The van der Waals surface area contributed by atoms with Gasteiger partial charge in [0.15, 0.2) is 5.69 Å². The van der Waals surface area contributed by atoms with Crippen LogP contribution in [0, 0.1) is 0 Å². The smallest absolute Gasteiger partial charge is 0.359 e. The van der Waals surface area contributed by atoms with Gasteiger partial charge < -0.3 is 10.5 Å². The molecular weight excluding hydrogens is 266 g/mol. The topological polar surface area (TPSA) is 87.2 Å². The average Bonchev–Trinajstić information content (AvgIpc) is 2.92. The van der Waals surface area contributed by atoms with Crippen LogP contribution in [0.15, 0.2) is 27.7 Å². The molecular formula is C12H13N3O3S. The lowest BCUT2D eigenvalue weighted by Gasteiger charge is -2.06. The molecule has 0 aromatic carbocycles. The number of thiophene rings is 1. The van der Waals surface area contributed by atoms with Crippen LogP contribution in [0.3, 0.4) is 0 Å². The van der Waals surface area contributed by atoms with E-state index in [9.17, 15) is 9.59 Å². The van der Waals surface area contributed by atoms with Gasteiger partial charge in [-0.15, -0.1) is 0 Å². The van der Waals surface area contributed by atoms with Crippen LogP contribution in [-0.4, -0.2) is 15.7 Å². The summed E-state index contributed by atoms with van der Waals surface area (Å²) in [5.41, 5.74) is 6.07. The van der Waals surface area contributed by atoms with Crippen molar-refractivity contribution >= 4 is 23.0 Å². The summed E-state index contributed by atoms with van der Waals surface area (Å²) in [6.07, 6.45) is 0. The van der Waals surface area contributed by atoms with Crippen molar-refractivity contribution in [2.75, 3.05) is 5.73 Å². The van der Waals surface area contributed by atoms with Crippen LogP contribution in [-0.2, 0) is 17.9 Å². The molecule has 7 heteroatoms. The number of esters is 1. The first-order valence-corrected chi connectivity index (χ1v) is 6.62. The predicted molar refractivity (Wildman–Crippen MR) is 72.0 cm³/mol. The fourth-order valence-corrected chi connectivity index (χ4v) is 2.13. The molecule has 0 aliphatic heterocycles. The third-order valence-electron chi connectivity index (χ3n) is 2.46. The lowest BCUT2D eigenvalue weighted by molar-refractivity contribution is 0.0463. The van der Waals surface area contributed by atoms with Gasteiger partial charge in [-0.25, -0.2) is 9.48 Å². The summed E-state index contributed by atoms with van der Waals surface area (Å²) in [6, 6.07) is 3.11. The molecule has 2 rings (SSSR count). The molecule has 0 fully saturated rings. The number of carbonyl (C=O) groups excluding carboxylic acids is 1. The van der Waals surface area contributed by atoms with Crippen LogP contribution in [0.25, 0.3) is 0 Å². The number of hydrogen-bond acceptors (Lipinski definition) is 6. The van der Waals surface area contributed by atoms with Crippen LogP contribution in [0.4, 0.5) is 5.69 Å². The molecule has 0 saturated heterocycles. The van der Waals surface area contributed by atoms with Gasteiger partial charge in [0.05, 0.1) is 0 Å². The minimum Gasteiger partial charge on any atom is -0.456 e. The molecule has 0 spiro atoms. The first-order valence-electron chi connectivity index (χ1n) is 5.67. The van der Waals surface area contributed by atoms with E-state index in [0.717, 1.165) is 10.2 Å². The van der Waals surface area contributed by atoms with Crippen molar-refractivity contribution in [3.8, 4) is 0 Å². The highest BCUT2D eigenvalue weighted by molar-refractivity contribution is 7.07. The van der Waals surface area contributed by atoms with Gasteiger partial charge in [0.2, 0.25) is 0 Å². The number of nitrogen functional groups attached to an aromatic ring is 1. The van der Waals surface area contributed by atoms with Crippen molar-refractivity contribution in [2.24, 2.45) is 0 Å². The fourth-order valence-electron chi connectivity index (χ4n) is 1.47. The third kappa shape index (κ3) is 3.00. The predicted octanol–water partition coefficient (Wildman–Crippen LogP) is 1.26. The zero-order valence-corrected chi connectivity index (χ0v) is 11.1. The fraction of sp³-hybridized carbons (Fsp3) is 0.250.